The lowest BCUT2D eigenvalue weighted by molar-refractivity contribution is -0.133. The first-order valence-corrected chi connectivity index (χ1v) is 10.8. The second kappa shape index (κ2) is 8.22. The van der Waals surface area contributed by atoms with E-state index in [-0.39, 0.29) is 29.7 Å². The lowest BCUT2D eigenvalue weighted by atomic mass is 9.61. The summed E-state index contributed by atoms with van der Waals surface area (Å²) < 4.78 is 5.39. The predicted octanol–water partition coefficient (Wildman–Crippen LogP) is 2.33. The highest BCUT2D eigenvalue weighted by molar-refractivity contribution is 6.17. The molecule has 162 valence electrons. The van der Waals surface area contributed by atoms with Crippen molar-refractivity contribution >= 4 is 32.3 Å². The fourth-order valence-corrected chi connectivity index (χ4v) is 4.64. The zero-order valence-corrected chi connectivity index (χ0v) is 18.3. The van der Waals surface area contributed by atoms with Crippen molar-refractivity contribution in [3.8, 4) is 0 Å². The molecule has 7 nitrogen and oxygen atoms in total. The first-order valence-electron chi connectivity index (χ1n) is 10.8. The van der Waals surface area contributed by atoms with Gasteiger partial charge < -0.3 is 9.64 Å². The van der Waals surface area contributed by atoms with Crippen LogP contribution in [0.3, 0.4) is 0 Å². The van der Waals surface area contributed by atoms with Gasteiger partial charge in [0.1, 0.15) is 6.54 Å². The standard InChI is InChI=1S/C23H29BN4O3/c1-15(16-5-9-31-13-16)11-26-21(25-3)27-19(29)12-28-14-23(7-8-23)18-10-22(2,24)6-4-17(18)20(28)30/h4,6,11,16H,3,5,7-10,12-14H2,1-2H3,(H,26,27,29)/b15-11+. The van der Waals surface area contributed by atoms with Crippen LogP contribution in [-0.2, 0) is 14.3 Å². The number of carbonyl (C=O) groups excluding carboxylic acids is 2. The zero-order chi connectivity index (χ0) is 22.2. The second-order valence-electron chi connectivity index (χ2n) is 9.44. The largest absolute Gasteiger partial charge is 0.381 e. The average Bonchev–Trinajstić information content (AvgIpc) is 3.28. The summed E-state index contributed by atoms with van der Waals surface area (Å²) in [4.78, 5) is 35.4. The Hall–Kier alpha value is -2.48. The van der Waals surface area contributed by atoms with Crippen LogP contribution in [0.25, 0.3) is 0 Å². The van der Waals surface area contributed by atoms with Crippen molar-refractivity contribution in [1.82, 2.24) is 10.2 Å². The Morgan fingerprint density at radius 3 is 2.90 bits per heavy atom. The molecule has 0 aromatic heterocycles. The minimum Gasteiger partial charge on any atom is -0.381 e. The third kappa shape index (κ3) is 4.59. The number of nitrogens with one attached hydrogen (secondary N) is 1. The van der Waals surface area contributed by atoms with E-state index in [1.807, 2.05) is 26.0 Å². The van der Waals surface area contributed by atoms with E-state index >= 15 is 0 Å². The van der Waals surface area contributed by atoms with E-state index in [2.05, 4.69) is 22.0 Å². The summed E-state index contributed by atoms with van der Waals surface area (Å²) in [5, 5.41) is 2.25. The highest BCUT2D eigenvalue weighted by atomic mass is 16.5. The van der Waals surface area contributed by atoms with Gasteiger partial charge in [-0.1, -0.05) is 19.1 Å². The van der Waals surface area contributed by atoms with E-state index in [1.165, 1.54) is 0 Å². The predicted molar refractivity (Wildman–Crippen MR) is 121 cm³/mol. The van der Waals surface area contributed by atoms with Crippen molar-refractivity contribution in [2.75, 3.05) is 26.3 Å². The third-order valence-electron chi connectivity index (χ3n) is 6.72. The number of amides is 2. The Bertz CT molecular complexity index is 921. The SMILES string of the molecule is [B]C1(C)C=CC2=C(C1)C1(CC1)CN(CC(=O)NC(N=C)=N/C=C(\C)C1CCOC1)C2=O. The smallest absolute Gasteiger partial charge is 0.254 e. The molecule has 8 heteroatoms. The lowest BCUT2D eigenvalue weighted by Crippen LogP contribution is -2.48. The highest BCUT2D eigenvalue weighted by Gasteiger charge is 2.53. The summed E-state index contributed by atoms with van der Waals surface area (Å²) in [6.07, 6.45) is 9.13. The second-order valence-corrected chi connectivity index (χ2v) is 9.44. The third-order valence-corrected chi connectivity index (χ3v) is 6.72. The fourth-order valence-electron chi connectivity index (χ4n) is 4.64. The molecule has 4 rings (SSSR count). The number of nitrogens with zero attached hydrogens (tertiary/aromatic N) is 3. The van der Waals surface area contributed by atoms with Gasteiger partial charge in [0.15, 0.2) is 0 Å². The number of hydrogen-bond acceptors (Lipinski definition) is 4. The van der Waals surface area contributed by atoms with Gasteiger partial charge in [-0.15, -0.1) is 0 Å². The number of carbonyl (C=O) groups is 2. The van der Waals surface area contributed by atoms with E-state index in [1.54, 1.807) is 11.1 Å². The molecule has 1 spiro atoms. The molecule has 0 aromatic rings. The van der Waals surface area contributed by atoms with Gasteiger partial charge in [0.25, 0.3) is 5.91 Å². The normalized spacial score (nSPS) is 29.9. The molecular formula is C23H29BN4O3. The number of rotatable bonds is 4. The van der Waals surface area contributed by atoms with Crippen molar-refractivity contribution in [3.63, 3.8) is 0 Å². The number of aliphatic imine (C=N–C) groups is 2. The maximum Gasteiger partial charge on any atom is 0.254 e. The summed E-state index contributed by atoms with van der Waals surface area (Å²) in [5.74, 6) is 0.0207. The summed E-state index contributed by atoms with van der Waals surface area (Å²) in [7, 11) is 6.30. The molecule has 2 radical (unpaired) electrons. The molecule has 2 atom stereocenters. The van der Waals surface area contributed by atoms with Crippen molar-refractivity contribution in [2.45, 2.75) is 44.8 Å². The van der Waals surface area contributed by atoms with Gasteiger partial charge in [-0.3, -0.25) is 14.9 Å². The molecular weight excluding hydrogens is 391 g/mol. The first-order chi connectivity index (χ1) is 14.7. The number of hydrogen-bond donors (Lipinski definition) is 1. The molecule has 2 aliphatic heterocycles. The van der Waals surface area contributed by atoms with Gasteiger partial charge in [-0.2, -0.15) is 0 Å². The van der Waals surface area contributed by atoms with E-state index in [4.69, 9.17) is 12.6 Å². The van der Waals surface area contributed by atoms with E-state index < -0.39 is 5.31 Å². The highest BCUT2D eigenvalue weighted by Crippen LogP contribution is 2.60. The van der Waals surface area contributed by atoms with Crippen LogP contribution in [-0.4, -0.2) is 63.5 Å². The van der Waals surface area contributed by atoms with Gasteiger partial charge in [-0.05, 0) is 55.8 Å². The van der Waals surface area contributed by atoms with Gasteiger partial charge >= 0.3 is 0 Å². The molecule has 2 aliphatic carbocycles. The summed E-state index contributed by atoms with van der Waals surface area (Å²) in [6, 6.07) is 0. The van der Waals surface area contributed by atoms with E-state index in [9.17, 15) is 9.59 Å². The van der Waals surface area contributed by atoms with Crippen molar-refractivity contribution in [1.29, 1.82) is 0 Å². The Balaban J connectivity index is 1.42. The van der Waals surface area contributed by atoms with Crippen LogP contribution in [0.1, 0.15) is 39.5 Å². The van der Waals surface area contributed by atoms with Crippen LogP contribution in [0.4, 0.5) is 0 Å². The summed E-state index contributed by atoms with van der Waals surface area (Å²) in [6.45, 7) is 9.42. The van der Waals surface area contributed by atoms with E-state index in [0.717, 1.165) is 37.0 Å². The molecule has 4 aliphatic rings. The minimum absolute atomic E-state index is 0.0221. The topological polar surface area (TPSA) is 83.4 Å². The molecule has 1 saturated heterocycles. The maximum absolute atomic E-state index is 13.0. The first kappa shape index (κ1) is 21.7. The minimum atomic E-state index is -0.425. The van der Waals surface area contributed by atoms with Crippen molar-refractivity contribution in [2.24, 2.45) is 21.3 Å². The Morgan fingerprint density at radius 1 is 1.48 bits per heavy atom. The van der Waals surface area contributed by atoms with Crippen LogP contribution < -0.4 is 5.32 Å². The van der Waals surface area contributed by atoms with Crippen LogP contribution in [0.2, 0.25) is 5.31 Å². The summed E-state index contributed by atoms with van der Waals surface area (Å²) >= 11 is 0. The van der Waals surface area contributed by atoms with E-state index in [0.29, 0.717) is 31.1 Å². The molecule has 1 saturated carbocycles. The molecule has 1 N–H and O–H groups in total. The van der Waals surface area contributed by atoms with Crippen molar-refractivity contribution < 1.29 is 14.3 Å². The number of ether oxygens (including phenoxy) is 1. The molecule has 2 heterocycles. The Morgan fingerprint density at radius 2 is 2.26 bits per heavy atom. The van der Waals surface area contributed by atoms with Gasteiger partial charge in [0.05, 0.1) is 14.5 Å². The van der Waals surface area contributed by atoms with Gasteiger partial charge in [0, 0.05) is 36.3 Å². The lowest BCUT2D eigenvalue weighted by Gasteiger charge is -2.40. The van der Waals surface area contributed by atoms with Crippen LogP contribution in [0, 0.1) is 11.3 Å². The van der Waals surface area contributed by atoms with Crippen LogP contribution in [0.15, 0.2) is 45.1 Å². The zero-order valence-electron chi connectivity index (χ0n) is 18.3. The molecule has 2 unspecified atom stereocenters. The average molecular weight is 420 g/mol. The molecule has 31 heavy (non-hydrogen) atoms. The molecule has 2 fully saturated rings. The monoisotopic (exact) mass is 420 g/mol. The number of guanidine groups is 1. The van der Waals surface area contributed by atoms with Gasteiger partial charge in [-0.25, -0.2) is 9.98 Å². The maximum atomic E-state index is 13.0. The van der Waals surface area contributed by atoms with Crippen molar-refractivity contribution in [3.05, 3.63) is 35.1 Å². The van der Waals surface area contributed by atoms with Gasteiger partial charge in [0.2, 0.25) is 11.9 Å². The van der Waals surface area contributed by atoms with Crippen LogP contribution in [0.5, 0.6) is 0 Å². The van der Waals surface area contributed by atoms with Crippen LogP contribution >= 0.6 is 0 Å². The molecule has 0 bridgehead atoms. The molecule has 2 amide bonds. The quantitative estimate of drug-likeness (QED) is 0.431. The molecule has 0 aromatic carbocycles. The number of fused-ring (bicyclic) bond motifs is 1. The Labute approximate surface area is 184 Å². The Kier molecular flexibility index (Phi) is 5.77. The number of allylic oxidation sites excluding steroid dienone is 1. The fraction of sp³-hybridized carbons (Fsp3) is 0.565. The summed E-state index contributed by atoms with van der Waals surface area (Å²) in [5.41, 5.74) is 2.91.